The first-order valence-corrected chi connectivity index (χ1v) is 11.5. The summed E-state index contributed by atoms with van der Waals surface area (Å²) in [6, 6.07) is 7.54. The van der Waals surface area contributed by atoms with Gasteiger partial charge in [0.15, 0.2) is 9.34 Å². The lowest BCUT2D eigenvalue weighted by atomic mass is 9.97. The van der Waals surface area contributed by atoms with Crippen molar-refractivity contribution in [2.75, 3.05) is 11.9 Å². The number of sulfonamides is 1. The maximum Gasteiger partial charge on any atom is 0.254 e. The summed E-state index contributed by atoms with van der Waals surface area (Å²) in [5.41, 5.74) is 2.76. The van der Waals surface area contributed by atoms with Crippen molar-refractivity contribution in [1.82, 2.24) is 19.3 Å². The number of benzene rings is 1. The molecule has 3 aromatic rings. The Morgan fingerprint density at radius 1 is 1.28 bits per heavy atom. The molecule has 1 atom stereocenters. The third-order valence-corrected chi connectivity index (χ3v) is 8.10. The average molecular weight is 432 g/mol. The molecule has 152 valence electrons. The number of carbonyl (C=O) groups excluding carboxylic acids is 1. The van der Waals surface area contributed by atoms with Crippen LogP contribution >= 0.6 is 11.3 Å². The minimum atomic E-state index is -3.73. The zero-order valence-electron chi connectivity index (χ0n) is 16.0. The lowest BCUT2D eigenvalue weighted by Crippen LogP contribution is -2.30. The van der Waals surface area contributed by atoms with Gasteiger partial charge >= 0.3 is 0 Å². The summed E-state index contributed by atoms with van der Waals surface area (Å²) >= 11 is 0.967. The number of nitrogens with zero attached hydrogens (tertiary/aromatic N) is 3. The van der Waals surface area contributed by atoms with Crippen LogP contribution < -0.4 is 5.32 Å². The Balaban J connectivity index is 1.70. The number of nitrogens with one attached hydrogen (secondary N) is 2. The number of aryl methyl sites for hydroxylation is 1. The smallest absolute Gasteiger partial charge is 0.254 e. The fourth-order valence-corrected chi connectivity index (χ4v) is 6.51. The number of aromatic nitrogens is 3. The zero-order valence-corrected chi connectivity index (χ0v) is 17.7. The maximum absolute atomic E-state index is 13.3. The Morgan fingerprint density at radius 3 is 2.79 bits per heavy atom. The van der Waals surface area contributed by atoms with E-state index in [0.717, 1.165) is 46.8 Å². The van der Waals surface area contributed by atoms with Gasteiger partial charge < -0.3 is 10.3 Å². The van der Waals surface area contributed by atoms with Crippen LogP contribution in [0.2, 0.25) is 0 Å². The molecule has 29 heavy (non-hydrogen) atoms. The van der Waals surface area contributed by atoms with Gasteiger partial charge in [-0.15, -0.1) is 0 Å². The molecule has 0 radical (unpaired) electrons. The molecule has 1 saturated heterocycles. The molecular formula is C19H21N5O3S2. The molecule has 1 aliphatic heterocycles. The molecule has 0 saturated carbocycles. The van der Waals surface area contributed by atoms with E-state index in [2.05, 4.69) is 20.3 Å². The van der Waals surface area contributed by atoms with Gasteiger partial charge in [0, 0.05) is 19.0 Å². The highest BCUT2D eigenvalue weighted by Crippen LogP contribution is 2.41. The highest BCUT2D eigenvalue weighted by molar-refractivity contribution is 7.91. The van der Waals surface area contributed by atoms with E-state index in [1.165, 1.54) is 13.1 Å². The van der Waals surface area contributed by atoms with Crippen molar-refractivity contribution < 1.29 is 13.2 Å². The SMILES string of the molecule is CC(=O)Nc1ncc(S(=O)(=O)N2CCCC2c2ccccc2-c2cnc(C)[nH]2)s1. The van der Waals surface area contributed by atoms with Crippen molar-refractivity contribution in [2.24, 2.45) is 0 Å². The standard InChI is InChI=1S/C19H21N5O3S2/c1-12-20-10-16(22-12)14-6-3-4-7-15(14)17-8-5-9-24(17)29(26,27)18-11-21-19(28-18)23-13(2)25/h3-4,6-7,10-11,17H,5,8-9H2,1-2H3,(H,20,22)(H,21,23,25). The molecule has 4 rings (SSSR count). The average Bonchev–Trinajstić information content (AvgIpc) is 3.41. The molecule has 1 unspecified atom stereocenters. The number of hydrogen-bond donors (Lipinski definition) is 2. The van der Waals surface area contributed by atoms with Gasteiger partial charge in [-0.25, -0.2) is 18.4 Å². The Kier molecular flexibility index (Phi) is 5.24. The van der Waals surface area contributed by atoms with Crippen molar-refractivity contribution in [1.29, 1.82) is 0 Å². The molecule has 2 N–H and O–H groups in total. The number of hydrogen-bond acceptors (Lipinski definition) is 6. The summed E-state index contributed by atoms with van der Waals surface area (Å²) in [6.07, 6.45) is 4.59. The van der Waals surface area contributed by atoms with Gasteiger partial charge in [0.05, 0.1) is 24.1 Å². The molecule has 1 aliphatic rings. The predicted molar refractivity (Wildman–Crippen MR) is 111 cm³/mol. The molecule has 1 aromatic carbocycles. The van der Waals surface area contributed by atoms with Gasteiger partial charge in [-0.05, 0) is 25.3 Å². The molecule has 0 bridgehead atoms. The van der Waals surface area contributed by atoms with E-state index < -0.39 is 10.0 Å². The fourth-order valence-electron chi connectivity index (χ4n) is 3.63. The van der Waals surface area contributed by atoms with Crippen LogP contribution in [-0.4, -0.2) is 40.1 Å². The van der Waals surface area contributed by atoms with Crippen LogP contribution in [0.3, 0.4) is 0 Å². The summed E-state index contributed by atoms with van der Waals surface area (Å²) in [7, 11) is -3.73. The van der Waals surface area contributed by atoms with Crippen LogP contribution in [0.4, 0.5) is 5.13 Å². The minimum Gasteiger partial charge on any atom is -0.342 e. The van der Waals surface area contributed by atoms with Gasteiger partial charge in [0.2, 0.25) is 5.91 Å². The van der Waals surface area contributed by atoms with Gasteiger partial charge in [-0.3, -0.25) is 4.79 Å². The van der Waals surface area contributed by atoms with Gasteiger partial charge in [-0.1, -0.05) is 35.6 Å². The minimum absolute atomic E-state index is 0.128. The number of anilines is 1. The fraction of sp³-hybridized carbons (Fsp3) is 0.316. The van der Waals surface area contributed by atoms with Crippen LogP contribution in [0.25, 0.3) is 11.3 Å². The van der Waals surface area contributed by atoms with Crippen molar-refractivity contribution >= 4 is 32.4 Å². The molecule has 2 aromatic heterocycles. The topological polar surface area (TPSA) is 108 Å². The second-order valence-electron chi connectivity index (χ2n) is 6.91. The van der Waals surface area contributed by atoms with Crippen LogP contribution in [-0.2, 0) is 14.8 Å². The molecular weight excluding hydrogens is 410 g/mol. The number of carbonyl (C=O) groups is 1. The van der Waals surface area contributed by atoms with E-state index in [9.17, 15) is 13.2 Å². The number of imidazole rings is 1. The van der Waals surface area contributed by atoms with E-state index >= 15 is 0 Å². The van der Waals surface area contributed by atoms with Crippen molar-refractivity contribution in [3.63, 3.8) is 0 Å². The van der Waals surface area contributed by atoms with Gasteiger partial charge in [-0.2, -0.15) is 4.31 Å². The summed E-state index contributed by atoms with van der Waals surface area (Å²) in [5.74, 6) is 0.520. The Hall–Kier alpha value is -2.56. The number of amides is 1. The van der Waals surface area contributed by atoms with E-state index in [-0.39, 0.29) is 21.3 Å². The summed E-state index contributed by atoms with van der Waals surface area (Å²) < 4.78 is 28.3. The second-order valence-corrected chi connectivity index (χ2v) is 10.1. The van der Waals surface area contributed by atoms with E-state index in [1.54, 1.807) is 10.5 Å². The molecule has 8 nitrogen and oxygen atoms in total. The highest BCUT2D eigenvalue weighted by atomic mass is 32.2. The molecule has 0 aliphatic carbocycles. The summed E-state index contributed by atoms with van der Waals surface area (Å²) in [4.78, 5) is 22.8. The largest absolute Gasteiger partial charge is 0.342 e. The number of aromatic amines is 1. The zero-order chi connectivity index (χ0) is 20.6. The monoisotopic (exact) mass is 431 g/mol. The Labute approximate surface area is 173 Å². The Morgan fingerprint density at radius 2 is 2.07 bits per heavy atom. The van der Waals surface area contributed by atoms with E-state index in [1.807, 2.05) is 31.2 Å². The second kappa shape index (κ2) is 7.69. The highest BCUT2D eigenvalue weighted by Gasteiger charge is 2.38. The van der Waals surface area contributed by atoms with Crippen molar-refractivity contribution in [3.8, 4) is 11.3 Å². The van der Waals surface area contributed by atoms with Crippen LogP contribution in [0, 0.1) is 6.92 Å². The maximum atomic E-state index is 13.3. The van der Waals surface area contributed by atoms with Gasteiger partial charge in [0.25, 0.3) is 10.0 Å². The first kappa shape index (κ1) is 19.7. The third kappa shape index (κ3) is 3.83. The normalized spacial score (nSPS) is 17.5. The van der Waals surface area contributed by atoms with Gasteiger partial charge in [0.1, 0.15) is 5.82 Å². The van der Waals surface area contributed by atoms with Crippen LogP contribution in [0.1, 0.15) is 37.2 Å². The summed E-state index contributed by atoms with van der Waals surface area (Å²) in [6.45, 7) is 3.69. The lowest BCUT2D eigenvalue weighted by Gasteiger charge is -2.25. The molecule has 0 spiro atoms. The quantitative estimate of drug-likeness (QED) is 0.644. The number of H-pyrrole nitrogens is 1. The third-order valence-electron chi connectivity index (χ3n) is 4.85. The number of thiazole rings is 1. The molecule has 3 heterocycles. The van der Waals surface area contributed by atoms with E-state index in [0.29, 0.717) is 6.54 Å². The Bertz CT molecular complexity index is 1150. The summed E-state index contributed by atoms with van der Waals surface area (Å²) in [5, 5.41) is 2.82. The van der Waals surface area contributed by atoms with Crippen LogP contribution in [0.5, 0.6) is 0 Å². The molecule has 10 heteroatoms. The number of rotatable bonds is 5. The molecule has 1 fully saturated rings. The molecule has 1 amide bonds. The first-order valence-electron chi connectivity index (χ1n) is 9.22. The van der Waals surface area contributed by atoms with Crippen molar-refractivity contribution in [3.05, 3.63) is 48.0 Å². The predicted octanol–water partition coefficient (Wildman–Crippen LogP) is 3.33. The van der Waals surface area contributed by atoms with Crippen LogP contribution in [0.15, 0.2) is 40.9 Å². The first-order chi connectivity index (χ1) is 13.9. The lowest BCUT2D eigenvalue weighted by molar-refractivity contribution is -0.114. The van der Waals surface area contributed by atoms with E-state index in [4.69, 9.17) is 0 Å². The van der Waals surface area contributed by atoms with Crippen molar-refractivity contribution in [2.45, 2.75) is 36.9 Å².